The molecule has 8 heteroatoms. The van der Waals surface area contributed by atoms with Gasteiger partial charge in [-0.2, -0.15) is 0 Å². The molecule has 1 aromatic carbocycles. The van der Waals surface area contributed by atoms with E-state index in [1.165, 1.54) is 17.4 Å². The van der Waals surface area contributed by atoms with Crippen LogP contribution in [0.25, 0.3) is 0 Å². The fourth-order valence-corrected chi connectivity index (χ4v) is 3.32. The molecular formula is C18H16N3O4S-. The number of thiazole rings is 1. The summed E-state index contributed by atoms with van der Waals surface area (Å²) in [5.74, 6) is -3.52. The quantitative estimate of drug-likeness (QED) is 0.778. The number of nitrogens with one attached hydrogen (secondary N) is 2. The normalized spacial score (nSPS) is 18.9. The molecule has 2 amide bonds. The van der Waals surface area contributed by atoms with Crippen molar-refractivity contribution in [3.05, 3.63) is 53.6 Å². The largest absolute Gasteiger partial charge is 0.550 e. The van der Waals surface area contributed by atoms with Gasteiger partial charge in [-0.05, 0) is 31.0 Å². The Hall–Kier alpha value is -3.00. The molecule has 0 spiro atoms. The second-order valence-corrected chi connectivity index (χ2v) is 6.73. The molecule has 2 aromatic rings. The molecule has 0 saturated carbocycles. The van der Waals surface area contributed by atoms with Gasteiger partial charge in [0.1, 0.15) is 0 Å². The number of amides is 2. The SMILES string of the molecule is O=C(Nc1nccs1)c1cccc(NC(=O)[C@H]2CC=CC[C@@H]2C(=O)[O-])c1. The molecule has 0 fully saturated rings. The highest BCUT2D eigenvalue weighted by Crippen LogP contribution is 2.27. The van der Waals surface area contributed by atoms with Gasteiger partial charge < -0.3 is 15.2 Å². The third kappa shape index (κ3) is 4.15. The standard InChI is InChI=1S/C18H17N3O4S/c22-15(21-18-19-8-9-26-18)11-4-3-5-12(10-11)20-16(23)13-6-1-2-7-14(13)17(24)25/h1-5,8-10,13-14H,6-7H2,(H,20,23)(H,24,25)(H,19,21,22)/p-1/t13-,14-/m0/s1. The van der Waals surface area contributed by atoms with Gasteiger partial charge in [0.15, 0.2) is 5.13 Å². The maximum absolute atomic E-state index is 12.5. The molecule has 1 aliphatic rings. The third-order valence-corrected chi connectivity index (χ3v) is 4.81. The molecule has 0 radical (unpaired) electrons. The minimum absolute atomic E-state index is 0.274. The fourth-order valence-electron chi connectivity index (χ4n) is 2.79. The molecule has 134 valence electrons. The van der Waals surface area contributed by atoms with E-state index in [1.54, 1.807) is 41.9 Å². The number of aliphatic carboxylic acids is 1. The van der Waals surface area contributed by atoms with Crippen molar-refractivity contribution in [3.63, 3.8) is 0 Å². The Morgan fingerprint density at radius 3 is 2.58 bits per heavy atom. The first kappa shape index (κ1) is 17.8. The molecular weight excluding hydrogens is 354 g/mol. The maximum atomic E-state index is 12.5. The molecule has 0 bridgehead atoms. The number of carboxylic acids is 1. The van der Waals surface area contributed by atoms with Crippen molar-refractivity contribution in [2.45, 2.75) is 12.8 Å². The Morgan fingerprint density at radius 2 is 1.88 bits per heavy atom. The first-order valence-electron chi connectivity index (χ1n) is 8.02. The van der Waals surface area contributed by atoms with E-state index in [-0.39, 0.29) is 12.3 Å². The molecule has 1 aliphatic carbocycles. The summed E-state index contributed by atoms with van der Waals surface area (Å²) in [6, 6.07) is 6.44. The second kappa shape index (κ2) is 7.92. The van der Waals surface area contributed by atoms with Gasteiger partial charge in [0.2, 0.25) is 5.91 Å². The van der Waals surface area contributed by atoms with Gasteiger partial charge in [-0.1, -0.05) is 18.2 Å². The highest BCUT2D eigenvalue weighted by molar-refractivity contribution is 7.13. The Bertz CT molecular complexity index is 848. The lowest BCUT2D eigenvalue weighted by molar-refractivity contribution is -0.313. The highest BCUT2D eigenvalue weighted by Gasteiger charge is 2.29. The van der Waals surface area contributed by atoms with Crippen LogP contribution in [-0.2, 0) is 9.59 Å². The first-order chi connectivity index (χ1) is 12.5. The molecule has 2 atom stereocenters. The van der Waals surface area contributed by atoms with Crippen molar-refractivity contribution in [1.82, 2.24) is 4.98 Å². The number of allylic oxidation sites excluding steroid dienone is 2. The number of hydrogen-bond acceptors (Lipinski definition) is 6. The summed E-state index contributed by atoms with van der Waals surface area (Å²) in [4.78, 5) is 39.9. The smallest absolute Gasteiger partial charge is 0.257 e. The highest BCUT2D eigenvalue weighted by atomic mass is 32.1. The number of nitrogens with zero attached hydrogens (tertiary/aromatic N) is 1. The van der Waals surface area contributed by atoms with Gasteiger partial charge in [-0.25, -0.2) is 4.98 Å². The summed E-state index contributed by atoms with van der Waals surface area (Å²) in [5.41, 5.74) is 0.784. The summed E-state index contributed by atoms with van der Waals surface area (Å²) >= 11 is 1.30. The van der Waals surface area contributed by atoms with Crippen molar-refractivity contribution in [3.8, 4) is 0 Å². The lowest BCUT2D eigenvalue weighted by Crippen LogP contribution is -2.41. The summed E-state index contributed by atoms with van der Waals surface area (Å²) in [5, 5.41) is 18.8. The van der Waals surface area contributed by atoms with Crippen LogP contribution in [0.5, 0.6) is 0 Å². The molecule has 1 aromatic heterocycles. The van der Waals surface area contributed by atoms with Gasteiger partial charge in [-0.15, -0.1) is 11.3 Å². The van der Waals surface area contributed by atoms with E-state index in [0.717, 1.165) is 0 Å². The molecule has 1 heterocycles. The van der Waals surface area contributed by atoms with Crippen LogP contribution in [0, 0.1) is 11.8 Å². The van der Waals surface area contributed by atoms with Crippen LogP contribution in [0.15, 0.2) is 48.0 Å². The van der Waals surface area contributed by atoms with Gasteiger partial charge >= 0.3 is 0 Å². The average molecular weight is 370 g/mol. The summed E-state index contributed by atoms with van der Waals surface area (Å²) in [6.45, 7) is 0. The number of carboxylic acid groups (broad SMARTS) is 1. The third-order valence-electron chi connectivity index (χ3n) is 4.12. The molecule has 7 nitrogen and oxygen atoms in total. The Kier molecular flexibility index (Phi) is 5.43. The minimum Gasteiger partial charge on any atom is -0.550 e. The van der Waals surface area contributed by atoms with Crippen molar-refractivity contribution in [1.29, 1.82) is 0 Å². The second-order valence-electron chi connectivity index (χ2n) is 5.84. The lowest BCUT2D eigenvalue weighted by Gasteiger charge is -2.28. The Balaban J connectivity index is 1.70. The topological polar surface area (TPSA) is 111 Å². The van der Waals surface area contributed by atoms with Crippen molar-refractivity contribution < 1.29 is 19.5 Å². The van der Waals surface area contributed by atoms with E-state index in [0.29, 0.717) is 22.8 Å². The van der Waals surface area contributed by atoms with Gasteiger partial charge in [0.25, 0.3) is 5.91 Å². The minimum atomic E-state index is -1.23. The average Bonchev–Trinajstić information content (AvgIpc) is 3.15. The lowest BCUT2D eigenvalue weighted by atomic mass is 9.82. The van der Waals surface area contributed by atoms with Crippen LogP contribution in [0.3, 0.4) is 0 Å². The molecule has 0 aliphatic heterocycles. The number of anilines is 2. The summed E-state index contributed by atoms with van der Waals surface area (Å²) in [6.07, 6.45) is 5.74. The van der Waals surface area contributed by atoms with Crippen LogP contribution in [0.2, 0.25) is 0 Å². The van der Waals surface area contributed by atoms with Crippen LogP contribution < -0.4 is 15.7 Å². The molecule has 3 rings (SSSR count). The van der Waals surface area contributed by atoms with Gasteiger partial charge in [0.05, 0.1) is 5.92 Å². The predicted octanol–water partition coefficient (Wildman–Crippen LogP) is 1.67. The number of carbonyl (C=O) groups is 3. The van der Waals surface area contributed by atoms with Crippen molar-refractivity contribution in [2.24, 2.45) is 11.8 Å². The van der Waals surface area contributed by atoms with E-state index in [9.17, 15) is 19.5 Å². The number of benzene rings is 1. The summed E-state index contributed by atoms with van der Waals surface area (Å²) in [7, 11) is 0. The Labute approximate surface area is 153 Å². The van der Waals surface area contributed by atoms with Gasteiger partial charge in [-0.3, -0.25) is 14.9 Å². The Morgan fingerprint density at radius 1 is 1.12 bits per heavy atom. The first-order valence-corrected chi connectivity index (χ1v) is 8.90. The van der Waals surface area contributed by atoms with Crippen LogP contribution in [0.4, 0.5) is 10.8 Å². The zero-order valence-electron chi connectivity index (χ0n) is 13.7. The van der Waals surface area contributed by atoms with E-state index in [2.05, 4.69) is 15.6 Å². The van der Waals surface area contributed by atoms with Crippen LogP contribution >= 0.6 is 11.3 Å². The molecule has 26 heavy (non-hydrogen) atoms. The molecule has 0 unspecified atom stereocenters. The summed E-state index contributed by atoms with van der Waals surface area (Å²) < 4.78 is 0. The van der Waals surface area contributed by atoms with Crippen LogP contribution in [0.1, 0.15) is 23.2 Å². The predicted molar refractivity (Wildman–Crippen MR) is 95.5 cm³/mol. The fraction of sp³-hybridized carbons (Fsp3) is 0.222. The molecule has 0 saturated heterocycles. The van der Waals surface area contributed by atoms with E-state index in [4.69, 9.17) is 0 Å². The zero-order valence-corrected chi connectivity index (χ0v) is 14.5. The number of carbonyl (C=O) groups excluding carboxylic acids is 3. The van der Waals surface area contributed by atoms with Crippen molar-refractivity contribution >= 4 is 39.9 Å². The molecule has 2 N–H and O–H groups in total. The van der Waals surface area contributed by atoms with Crippen molar-refractivity contribution in [2.75, 3.05) is 10.6 Å². The maximum Gasteiger partial charge on any atom is 0.257 e. The number of aromatic nitrogens is 1. The number of hydrogen-bond donors (Lipinski definition) is 2. The zero-order chi connectivity index (χ0) is 18.5. The van der Waals surface area contributed by atoms with E-state index in [1.807, 2.05) is 0 Å². The van der Waals surface area contributed by atoms with E-state index < -0.39 is 23.7 Å². The van der Waals surface area contributed by atoms with Crippen LogP contribution in [-0.4, -0.2) is 22.8 Å². The van der Waals surface area contributed by atoms with E-state index >= 15 is 0 Å². The monoisotopic (exact) mass is 370 g/mol. The van der Waals surface area contributed by atoms with Gasteiger partial charge in [0, 0.05) is 34.7 Å². The number of rotatable bonds is 5.